The minimum absolute atomic E-state index is 0.453. The van der Waals surface area contributed by atoms with E-state index in [0.29, 0.717) is 6.61 Å². The number of hydrogen-bond acceptors (Lipinski definition) is 4. The largest absolute Gasteiger partial charge is 0.489 e. The molecule has 0 aliphatic heterocycles. The molecule has 0 saturated carbocycles. The van der Waals surface area contributed by atoms with E-state index in [1.54, 1.807) is 12.3 Å². The molecule has 1 aromatic carbocycles. The SMILES string of the molecule is C=CCOc1ccc(Br)cc1C=Nn1cnnc1. The summed E-state index contributed by atoms with van der Waals surface area (Å²) in [5.74, 6) is 0.745. The zero-order valence-corrected chi connectivity index (χ0v) is 11.1. The Bertz CT molecular complexity index is 551. The van der Waals surface area contributed by atoms with Gasteiger partial charge in [-0.15, -0.1) is 10.2 Å². The number of rotatable bonds is 5. The predicted octanol–water partition coefficient (Wildman–Crippen LogP) is 2.49. The number of benzene rings is 1. The van der Waals surface area contributed by atoms with Gasteiger partial charge in [0.1, 0.15) is 25.0 Å². The Morgan fingerprint density at radius 1 is 1.39 bits per heavy atom. The van der Waals surface area contributed by atoms with Crippen LogP contribution >= 0.6 is 15.9 Å². The van der Waals surface area contributed by atoms with Crippen molar-refractivity contribution in [2.24, 2.45) is 5.10 Å². The molecule has 0 aliphatic rings. The van der Waals surface area contributed by atoms with E-state index >= 15 is 0 Å². The molecule has 1 heterocycles. The summed E-state index contributed by atoms with van der Waals surface area (Å²) in [6.45, 7) is 4.07. The lowest BCUT2D eigenvalue weighted by Crippen LogP contribution is -1.97. The Hall–Kier alpha value is -1.95. The van der Waals surface area contributed by atoms with Gasteiger partial charge in [-0.1, -0.05) is 28.6 Å². The highest BCUT2D eigenvalue weighted by Gasteiger charge is 2.02. The van der Waals surface area contributed by atoms with Gasteiger partial charge >= 0.3 is 0 Å². The quantitative estimate of drug-likeness (QED) is 0.630. The Balaban J connectivity index is 2.24. The molecule has 0 amide bonds. The molecule has 5 nitrogen and oxygen atoms in total. The number of nitrogens with zero attached hydrogens (tertiary/aromatic N) is 4. The van der Waals surface area contributed by atoms with E-state index in [2.05, 4.69) is 37.8 Å². The van der Waals surface area contributed by atoms with Crippen LogP contribution in [-0.4, -0.2) is 27.7 Å². The standard InChI is InChI=1S/C12H11BrN4O/c1-2-5-18-12-4-3-11(13)6-10(12)7-16-17-8-14-15-9-17/h2-4,6-9H,1,5H2. The molecule has 1 aromatic heterocycles. The molecule has 0 atom stereocenters. The van der Waals surface area contributed by atoms with Crippen LogP contribution in [0.5, 0.6) is 5.75 Å². The van der Waals surface area contributed by atoms with Crippen molar-refractivity contribution in [3.63, 3.8) is 0 Å². The Kier molecular flexibility index (Phi) is 4.25. The fraction of sp³-hybridized carbons (Fsp3) is 0.0833. The zero-order valence-electron chi connectivity index (χ0n) is 9.53. The smallest absolute Gasteiger partial charge is 0.141 e. The Morgan fingerprint density at radius 3 is 2.89 bits per heavy atom. The minimum Gasteiger partial charge on any atom is -0.489 e. The van der Waals surface area contributed by atoms with E-state index in [1.165, 1.54) is 17.3 Å². The van der Waals surface area contributed by atoms with Crippen molar-refractivity contribution in [3.8, 4) is 5.75 Å². The second-order valence-corrected chi connectivity index (χ2v) is 4.28. The van der Waals surface area contributed by atoms with Gasteiger partial charge in [0.25, 0.3) is 0 Å². The average Bonchev–Trinajstić information content (AvgIpc) is 2.88. The normalized spacial score (nSPS) is 10.7. The summed E-state index contributed by atoms with van der Waals surface area (Å²) in [4.78, 5) is 0. The van der Waals surface area contributed by atoms with Crippen molar-refractivity contribution in [2.75, 3.05) is 6.61 Å². The monoisotopic (exact) mass is 306 g/mol. The molecule has 0 aliphatic carbocycles. The Morgan fingerprint density at radius 2 is 2.17 bits per heavy atom. The first-order valence-corrected chi connectivity index (χ1v) is 6.01. The molecule has 92 valence electrons. The van der Waals surface area contributed by atoms with Crippen molar-refractivity contribution < 1.29 is 4.74 Å². The van der Waals surface area contributed by atoms with E-state index in [0.717, 1.165) is 15.8 Å². The Labute approximate surface area is 113 Å². The van der Waals surface area contributed by atoms with Gasteiger partial charge in [0.15, 0.2) is 0 Å². The third-order valence-corrected chi connectivity index (χ3v) is 2.56. The molecule has 0 fully saturated rings. The maximum absolute atomic E-state index is 5.54. The summed E-state index contributed by atoms with van der Waals surface area (Å²) in [7, 11) is 0. The number of halogens is 1. The molecule has 2 rings (SSSR count). The minimum atomic E-state index is 0.453. The lowest BCUT2D eigenvalue weighted by atomic mass is 10.2. The van der Waals surface area contributed by atoms with Gasteiger partial charge in [0.05, 0.1) is 6.21 Å². The highest BCUT2D eigenvalue weighted by molar-refractivity contribution is 9.10. The van der Waals surface area contributed by atoms with Crippen LogP contribution in [0.4, 0.5) is 0 Å². The van der Waals surface area contributed by atoms with Gasteiger partial charge in [-0.2, -0.15) is 5.10 Å². The van der Waals surface area contributed by atoms with Crippen molar-refractivity contribution in [3.05, 3.63) is 53.5 Å². The molecule has 0 spiro atoms. The summed E-state index contributed by atoms with van der Waals surface area (Å²) < 4.78 is 8.01. The van der Waals surface area contributed by atoms with Crippen LogP contribution in [0.2, 0.25) is 0 Å². The molecule has 0 N–H and O–H groups in total. The highest BCUT2D eigenvalue weighted by atomic mass is 79.9. The molecule has 0 saturated heterocycles. The third kappa shape index (κ3) is 3.27. The van der Waals surface area contributed by atoms with Crippen molar-refractivity contribution >= 4 is 22.1 Å². The van der Waals surface area contributed by atoms with Crippen LogP contribution < -0.4 is 4.74 Å². The number of hydrogen-bond donors (Lipinski definition) is 0. The van der Waals surface area contributed by atoms with Gasteiger partial charge < -0.3 is 4.74 Å². The van der Waals surface area contributed by atoms with Gasteiger partial charge in [0.2, 0.25) is 0 Å². The highest BCUT2D eigenvalue weighted by Crippen LogP contribution is 2.21. The lowest BCUT2D eigenvalue weighted by Gasteiger charge is -2.07. The predicted molar refractivity (Wildman–Crippen MR) is 72.8 cm³/mol. The molecule has 2 aromatic rings. The van der Waals surface area contributed by atoms with Crippen molar-refractivity contribution in [1.29, 1.82) is 0 Å². The van der Waals surface area contributed by atoms with E-state index < -0.39 is 0 Å². The van der Waals surface area contributed by atoms with Crippen LogP contribution in [0.3, 0.4) is 0 Å². The summed E-state index contributed by atoms with van der Waals surface area (Å²) in [5.41, 5.74) is 0.861. The summed E-state index contributed by atoms with van der Waals surface area (Å²) in [6, 6.07) is 5.71. The molecular weight excluding hydrogens is 296 g/mol. The summed E-state index contributed by atoms with van der Waals surface area (Å²) >= 11 is 3.41. The molecule has 6 heteroatoms. The van der Waals surface area contributed by atoms with E-state index in [1.807, 2.05) is 18.2 Å². The zero-order chi connectivity index (χ0) is 12.8. The van der Waals surface area contributed by atoms with Crippen LogP contribution in [0, 0.1) is 0 Å². The second kappa shape index (κ2) is 6.11. The summed E-state index contributed by atoms with van der Waals surface area (Å²) in [5, 5.41) is 11.5. The average molecular weight is 307 g/mol. The molecular formula is C12H11BrN4O. The summed E-state index contributed by atoms with van der Waals surface area (Å²) in [6.07, 6.45) is 6.41. The molecule has 0 radical (unpaired) electrons. The lowest BCUT2D eigenvalue weighted by molar-refractivity contribution is 0.362. The molecule has 0 unspecified atom stereocenters. The first-order valence-electron chi connectivity index (χ1n) is 5.22. The maximum atomic E-state index is 5.54. The second-order valence-electron chi connectivity index (χ2n) is 3.37. The van der Waals surface area contributed by atoms with E-state index in [4.69, 9.17) is 4.74 Å². The van der Waals surface area contributed by atoms with Crippen molar-refractivity contribution in [1.82, 2.24) is 14.9 Å². The molecule has 0 bridgehead atoms. The maximum Gasteiger partial charge on any atom is 0.141 e. The van der Waals surface area contributed by atoms with Crippen LogP contribution in [0.1, 0.15) is 5.56 Å². The van der Waals surface area contributed by atoms with Crippen LogP contribution in [0.15, 0.2) is 53.1 Å². The number of ether oxygens (including phenoxy) is 1. The van der Waals surface area contributed by atoms with Gasteiger partial charge in [0, 0.05) is 10.0 Å². The third-order valence-electron chi connectivity index (χ3n) is 2.07. The van der Waals surface area contributed by atoms with Gasteiger partial charge in [-0.05, 0) is 18.2 Å². The van der Waals surface area contributed by atoms with Crippen LogP contribution in [0.25, 0.3) is 0 Å². The first-order chi connectivity index (χ1) is 8.79. The van der Waals surface area contributed by atoms with Crippen LogP contribution in [-0.2, 0) is 0 Å². The topological polar surface area (TPSA) is 52.3 Å². The first kappa shape index (κ1) is 12.5. The fourth-order valence-electron chi connectivity index (χ4n) is 1.28. The van der Waals surface area contributed by atoms with E-state index in [9.17, 15) is 0 Å². The van der Waals surface area contributed by atoms with Gasteiger partial charge in [-0.25, -0.2) is 4.68 Å². The number of aromatic nitrogens is 3. The van der Waals surface area contributed by atoms with Gasteiger partial charge in [-0.3, -0.25) is 0 Å². The fourth-order valence-corrected chi connectivity index (χ4v) is 1.66. The van der Waals surface area contributed by atoms with Crippen molar-refractivity contribution in [2.45, 2.75) is 0 Å². The molecule has 18 heavy (non-hydrogen) atoms. The van der Waals surface area contributed by atoms with E-state index in [-0.39, 0.29) is 0 Å².